The van der Waals surface area contributed by atoms with Gasteiger partial charge in [0.25, 0.3) is 0 Å². The Hall–Kier alpha value is -2.11. The fraction of sp³-hybridized carbons (Fsp3) is 0.111. The van der Waals surface area contributed by atoms with Crippen LogP contribution in [0.3, 0.4) is 0 Å². The number of Topliss-reactive ketones (excluding diaryl/α,β-unsaturated/α-hetero) is 1. The molecule has 6 heteroatoms. The Bertz CT molecular complexity index is 940. The van der Waals surface area contributed by atoms with Gasteiger partial charge < -0.3 is 9.13 Å². The van der Waals surface area contributed by atoms with E-state index in [1.807, 2.05) is 37.5 Å². The predicted molar refractivity (Wildman–Crippen MR) is 98.2 cm³/mol. The third-order valence-electron chi connectivity index (χ3n) is 3.85. The van der Waals surface area contributed by atoms with Crippen LogP contribution in [0.5, 0.6) is 0 Å². The van der Waals surface area contributed by atoms with E-state index in [1.54, 1.807) is 33.4 Å². The van der Waals surface area contributed by atoms with Crippen molar-refractivity contribution < 1.29 is 4.79 Å². The van der Waals surface area contributed by atoms with Crippen LogP contribution in [0.25, 0.3) is 11.3 Å². The summed E-state index contributed by atoms with van der Waals surface area (Å²) in [6, 6.07) is 14.7. The number of hydrogen-bond donors (Lipinski definition) is 1. The number of imidazole rings is 1. The molecule has 0 saturated carbocycles. The van der Waals surface area contributed by atoms with Crippen LogP contribution >= 0.6 is 27.5 Å². The van der Waals surface area contributed by atoms with Crippen molar-refractivity contribution in [1.82, 2.24) is 9.13 Å². The number of halogens is 2. The molecular formula is C18H15BrClN3O. The number of carbonyl (C=O) groups excluding carboxylic acids is 1. The molecule has 24 heavy (non-hydrogen) atoms. The number of benzene rings is 2. The molecule has 0 fully saturated rings. The average molecular weight is 405 g/mol. The third kappa shape index (κ3) is 3.37. The molecule has 0 atom stereocenters. The first kappa shape index (κ1) is 16.7. The van der Waals surface area contributed by atoms with Crippen molar-refractivity contribution in [2.45, 2.75) is 6.54 Å². The SMILES string of the molecule is Cn1c(-c2ccc(Br)cc2)cn(CC(=O)c2ccc(Cl)cc2)c1=N. The predicted octanol–water partition coefficient (Wildman–Crippen LogP) is 4.27. The molecule has 2 aromatic carbocycles. The van der Waals surface area contributed by atoms with Gasteiger partial charge in [0.1, 0.15) is 0 Å². The quantitative estimate of drug-likeness (QED) is 0.649. The summed E-state index contributed by atoms with van der Waals surface area (Å²) in [5.41, 5.74) is 2.74. The lowest BCUT2D eigenvalue weighted by molar-refractivity contribution is 0.0970. The molecule has 3 aromatic rings. The first-order valence-corrected chi connectivity index (χ1v) is 8.48. The molecule has 0 aliphatic carbocycles. The van der Waals surface area contributed by atoms with Crippen LogP contribution in [0.4, 0.5) is 0 Å². The second kappa shape index (κ2) is 6.79. The molecule has 0 amide bonds. The number of nitrogens with one attached hydrogen (secondary N) is 1. The number of aromatic nitrogens is 2. The van der Waals surface area contributed by atoms with Crippen molar-refractivity contribution in [2.24, 2.45) is 7.05 Å². The summed E-state index contributed by atoms with van der Waals surface area (Å²) < 4.78 is 4.41. The van der Waals surface area contributed by atoms with E-state index in [-0.39, 0.29) is 17.9 Å². The molecule has 0 unspecified atom stereocenters. The summed E-state index contributed by atoms with van der Waals surface area (Å²) >= 11 is 9.27. The van der Waals surface area contributed by atoms with Crippen LogP contribution < -0.4 is 5.62 Å². The van der Waals surface area contributed by atoms with Gasteiger partial charge in [0.2, 0.25) is 5.62 Å². The van der Waals surface area contributed by atoms with Crippen molar-refractivity contribution in [3.8, 4) is 11.3 Å². The third-order valence-corrected chi connectivity index (χ3v) is 4.63. The van der Waals surface area contributed by atoms with Gasteiger partial charge in [-0.3, -0.25) is 10.2 Å². The zero-order valence-electron chi connectivity index (χ0n) is 13.0. The van der Waals surface area contributed by atoms with Crippen LogP contribution in [0.2, 0.25) is 5.02 Å². The minimum atomic E-state index is -0.0573. The monoisotopic (exact) mass is 403 g/mol. The van der Waals surface area contributed by atoms with Crippen molar-refractivity contribution in [3.05, 3.63) is 75.4 Å². The van der Waals surface area contributed by atoms with Crippen molar-refractivity contribution in [2.75, 3.05) is 0 Å². The molecule has 1 aromatic heterocycles. The summed E-state index contributed by atoms with van der Waals surface area (Å²) in [5, 5.41) is 8.84. The highest BCUT2D eigenvalue weighted by atomic mass is 79.9. The lowest BCUT2D eigenvalue weighted by Gasteiger charge is -2.02. The van der Waals surface area contributed by atoms with Crippen LogP contribution in [0.1, 0.15) is 10.4 Å². The maximum Gasteiger partial charge on any atom is 0.202 e. The molecule has 0 aliphatic heterocycles. The van der Waals surface area contributed by atoms with Gasteiger partial charge >= 0.3 is 0 Å². The van der Waals surface area contributed by atoms with Gasteiger partial charge in [-0.25, -0.2) is 0 Å². The van der Waals surface area contributed by atoms with E-state index in [0.29, 0.717) is 10.6 Å². The molecule has 3 rings (SSSR count). The second-order valence-corrected chi connectivity index (χ2v) is 6.81. The van der Waals surface area contributed by atoms with Gasteiger partial charge in [-0.1, -0.05) is 39.7 Å². The summed E-state index contributed by atoms with van der Waals surface area (Å²) in [6.45, 7) is 0.116. The molecule has 1 N–H and O–H groups in total. The van der Waals surface area contributed by atoms with Gasteiger partial charge in [-0.15, -0.1) is 0 Å². The number of nitrogens with zero attached hydrogens (tertiary/aromatic N) is 2. The highest BCUT2D eigenvalue weighted by Gasteiger charge is 2.12. The Morgan fingerprint density at radius 2 is 1.75 bits per heavy atom. The van der Waals surface area contributed by atoms with E-state index in [4.69, 9.17) is 17.0 Å². The normalized spacial score (nSPS) is 10.8. The zero-order chi connectivity index (χ0) is 17.3. The Balaban J connectivity index is 1.91. The highest BCUT2D eigenvalue weighted by molar-refractivity contribution is 9.10. The largest absolute Gasteiger partial charge is 0.314 e. The minimum absolute atomic E-state index is 0.0573. The number of carbonyl (C=O) groups is 1. The highest BCUT2D eigenvalue weighted by Crippen LogP contribution is 2.20. The van der Waals surface area contributed by atoms with Gasteiger partial charge in [0.15, 0.2) is 5.78 Å². The molecular weight excluding hydrogens is 390 g/mol. The van der Waals surface area contributed by atoms with Crippen molar-refractivity contribution in [1.29, 1.82) is 5.41 Å². The van der Waals surface area contributed by atoms with E-state index in [2.05, 4.69) is 15.9 Å². The van der Waals surface area contributed by atoms with E-state index in [1.165, 1.54) is 0 Å². The first-order chi connectivity index (χ1) is 11.5. The Morgan fingerprint density at radius 3 is 2.38 bits per heavy atom. The minimum Gasteiger partial charge on any atom is -0.314 e. The average Bonchev–Trinajstić information content (AvgIpc) is 2.85. The van der Waals surface area contributed by atoms with Gasteiger partial charge in [0, 0.05) is 28.3 Å². The Kier molecular flexibility index (Phi) is 4.73. The van der Waals surface area contributed by atoms with E-state index < -0.39 is 0 Å². The number of ketones is 1. The van der Waals surface area contributed by atoms with Gasteiger partial charge in [-0.2, -0.15) is 0 Å². The summed E-state index contributed by atoms with van der Waals surface area (Å²) in [4.78, 5) is 12.4. The number of rotatable bonds is 4. The maximum absolute atomic E-state index is 12.4. The summed E-state index contributed by atoms with van der Waals surface area (Å²) in [7, 11) is 1.82. The summed E-state index contributed by atoms with van der Waals surface area (Å²) in [6.07, 6.45) is 1.83. The van der Waals surface area contributed by atoms with Crippen LogP contribution in [0, 0.1) is 5.41 Å². The van der Waals surface area contributed by atoms with E-state index in [9.17, 15) is 4.79 Å². The molecule has 0 saturated heterocycles. The van der Waals surface area contributed by atoms with E-state index in [0.717, 1.165) is 15.7 Å². The van der Waals surface area contributed by atoms with E-state index >= 15 is 0 Å². The topological polar surface area (TPSA) is 50.8 Å². The van der Waals surface area contributed by atoms with Crippen LogP contribution in [0.15, 0.2) is 59.2 Å². The van der Waals surface area contributed by atoms with Gasteiger partial charge in [0.05, 0.1) is 12.2 Å². The maximum atomic E-state index is 12.4. The number of hydrogen-bond acceptors (Lipinski definition) is 2. The van der Waals surface area contributed by atoms with Crippen LogP contribution in [-0.4, -0.2) is 14.9 Å². The molecule has 0 bridgehead atoms. The molecule has 4 nitrogen and oxygen atoms in total. The molecule has 122 valence electrons. The smallest absolute Gasteiger partial charge is 0.202 e. The van der Waals surface area contributed by atoms with Crippen LogP contribution in [-0.2, 0) is 13.6 Å². The zero-order valence-corrected chi connectivity index (χ0v) is 15.3. The molecule has 0 radical (unpaired) electrons. The van der Waals surface area contributed by atoms with Crippen molar-refractivity contribution >= 4 is 33.3 Å². The fourth-order valence-electron chi connectivity index (χ4n) is 2.49. The molecule has 0 spiro atoms. The standard InChI is InChI=1S/C18H15BrClN3O/c1-22-16(12-2-6-14(19)7-3-12)10-23(18(22)21)11-17(24)13-4-8-15(20)9-5-13/h2-10,21H,11H2,1H3. The Morgan fingerprint density at radius 1 is 1.12 bits per heavy atom. The first-order valence-electron chi connectivity index (χ1n) is 7.31. The van der Waals surface area contributed by atoms with Crippen molar-refractivity contribution in [3.63, 3.8) is 0 Å². The van der Waals surface area contributed by atoms with Gasteiger partial charge in [-0.05, 0) is 42.0 Å². The lowest BCUT2D eigenvalue weighted by atomic mass is 10.1. The lowest BCUT2D eigenvalue weighted by Crippen LogP contribution is -2.25. The Labute approximate surface area is 153 Å². The molecule has 1 heterocycles. The summed E-state index contributed by atoms with van der Waals surface area (Å²) in [5.74, 6) is -0.0573. The fourth-order valence-corrected chi connectivity index (χ4v) is 2.88. The second-order valence-electron chi connectivity index (χ2n) is 5.46. The molecule has 0 aliphatic rings.